The first-order valence-corrected chi connectivity index (χ1v) is 5.29. The average Bonchev–Trinajstić information content (AvgIpc) is 2.61. The van der Waals surface area contributed by atoms with Crippen LogP contribution in [0.3, 0.4) is 0 Å². The molecule has 1 aromatic rings. The molecule has 3 N–H and O–H groups in total. The van der Waals surface area contributed by atoms with Gasteiger partial charge in [-0.2, -0.15) is 0 Å². The Morgan fingerprint density at radius 2 is 2.14 bits per heavy atom. The molecule has 0 aliphatic carbocycles. The van der Waals surface area contributed by atoms with E-state index >= 15 is 0 Å². The van der Waals surface area contributed by atoms with Crippen molar-refractivity contribution in [3.05, 3.63) is 16.1 Å². The minimum absolute atomic E-state index is 0.0821. The molecular weight excluding hydrogens is 200 g/mol. The summed E-state index contributed by atoms with van der Waals surface area (Å²) in [5, 5.41) is 22.2. The highest BCUT2D eigenvalue weighted by molar-refractivity contribution is 7.11. The van der Waals surface area contributed by atoms with Crippen LogP contribution in [0.25, 0.3) is 0 Å². The number of hydrogen-bond acceptors (Lipinski definition) is 5. The first-order chi connectivity index (χ1) is 6.59. The zero-order valence-electron chi connectivity index (χ0n) is 8.45. The van der Waals surface area contributed by atoms with Crippen LogP contribution < -0.4 is 5.32 Å². The van der Waals surface area contributed by atoms with Gasteiger partial charge in [-0.05, 0) is 13.8 Å². The fourth-order valence-electron chi connectivity index (χ4n) is 0.949. The molecule has 0 bridgehead atoms. The maximum atomic E-state index is 9.03. The summed E-state index contributed by atoms with van der Waals surface area (Å²) < 4.78 is 0. The third-order valence-corrected chi connectivity index (χ3v) is 2.97. The normalized spacial score (nSPS) is 12.0. The molecular formula is C9H16N2O2S. The summed E-state index contributed by atoms with van der Waals surface area (Å²) in [7, 11) is 0. The van der Waals surface area contributed by atoms with Gasteiger partial charge in [0.1, 0.15) is 0 Å². The summed E-state index contributed by atoms with van der Waals surface area (Å²) in [5.74, 6) is 0. The molecule has 1 aromatic heterocycles. The Labute approximate surface area is 87.6 Å². The zero-order chi connectivity index (χ0) is 10.6. The van der Waals surface area contributed by atoms with E-state index in [9.17, 15) is 0 Å². The van der Waals surface area contributed by atoms with E-state index in [1.807, 2.05) is 13.1 Å². The minimum atomic E-state index is -0.613. The highest BCUT2D eigenvalue weighted by Crippen LogP contribution is 2.12. The first kappa shape index (κ1) is 11.6. The van der Waals surface area contributed by atoms with Crippen LogP contribution in [-0.4, -0.2) is 33.9 Å². The van der Waals surface area contributed by atoms with Crippen LogP contribution >= 0.6 is 11.3 Å². The molecule has 0 saturated heterocycles. The summed E-state index contributed by atoms with van der Waals surface area (Å²) in [6.45, 7) is 4.19. The fraction of sp³-hybridized carbons (Fsp3) is 0.667. The average molecular weight is 216 g/mol. The van der Waals surface area contributed by atoms with E-state index in [4.69, 9.17) is 10.2 Å². The molecule has 0 radical (unpaired) electrons. The lowest BCUT2D eigenvalue weighted by atomic mass is 10.1. The number of nitrogens with one attached hydrogen (secondary N) is 1. The Kier molecular flexibility index (Phi) is 4.00. The molecule has 5 heteroatoms. The monoisotopic (exact) mass is 216 g/mol. The molecule has 0 aliphatic rings. The molecule has 0 fully saturated rings. The van der Waals surface area contributed by atoms with Crippen molar-refractivity contribution in [3.8, 4) is 0 Å². The van der Waals surface area contributed by atoms with E-state index in [0.717, 1.165) is 9.88 Å². The molecule has 1 rings (SSSR count). The molecule has 0 amide bonds. The Morgan fingerprint density at radius 1 is 1.50 bits per heavy atom. The second kappa shape index (κ2) is 4.84. The molecule has 0 unspecified atom stereocenters. The van der Waals surface area contributed by atoms with Crippen molar-refractivity contribution in [3.63, 3.8) is 0 Å². The highest BCUT2D eigenvalue weighted by Gasteiger charge is 2.21. The van der Waals surface area contributed by atoms with Gasteiger partial charge in [0, 0.05) is 17.6 Å². The van der Waals surface area contributed by atoms with E-state index in [1.54, 1.807) is 18.3 Å². The molecule has 0 aromatic carbocycles. The fourth-order valence-corrected chi connectivity index (χ4v) is 1.68. The number of aryl methyl sites for hydroxylation is 1. The molecule has 1 heterocycles. The first-order valence-electron chi connectivity index (χ1n) is 4.48. The molecule has 0 aliphatic heterocycles. The number of nitrogens with zero attached hydrogens (tertiary/aromatic N) is 1. The van der Waals surface area contributed by atoms with Crippen LogP contribution in [0.2, 0.25) is 0 Å². The van der Waals surface area contributed by atoms with Gasteiger partial charge in [-0.25, -0.2) is 4.98 Å². The quantitative estimate of drug-likeness (QED) is 0.661. The van der Waals surface area contributed by atoms with Gasteiger partial charge in [0.2, 0.25) is 0 Å². The molecule has 14 heavy (non-hydrogen) atoms. The third-order valence-electron chi connectivity index (χ3n) is 2.06. The number of rotatable bonds is 5. The van der Waals surface area contributed by atoms with Crippen molar-refractivity contribution >= 4 is 11.3 Å². The maximum Gasteiger partial charge on any atom is 0.0897 e. The van der Waals surface area contributed by atoms with Gasteiger partial charge in [0.15, 0.2) is 0 Å². The lowest BCUT2D eigenvalue weighted by Crippen LogP contribution is -2.48. The van der Waals surface area contributed by atoms with Gasteiger partial charge in [0.05, 0.1) is 23.8 Å². The largest absolute Gasteiger partial charge is 0.394 e. The van der Waals surface area contributed by atoms with Gasteiger partial charge in [-0.15, -0.1) is 11.3 Å². The van der Waals surface area contributed by atoms with Gasteiger partial charge in [-0.3, -0.25) is 0 Å². The summed E-state index contributed by atoms with van der Waals surface area (Å²) in [6.07, 6.45) is 1.81. The van der Waals surface area contributed by atoms with Crippen molar-refractivity contribution in [2.45, 2.75) is 25.9 Å². The van der Waals surface area contributed by atoms with Crippen LogP contribution in [0.4, 0.5) is 0 Å². The van der Waals surface area contributed by atoms with E-state index in [1.165, 1.54) is 0 Å². The lowest BCUT2D eigenvalue weighted by molar-refractivity contribution is 0.103. The summed E-state index contributed by atoms with van der Waals surface area (Å²) in [4.78, 5) is 5.23. The summed E-state index contributed by atoms with van der Waals surface area (Å²) >= 11 is 1.61. The predicted octanol–water partition coefficient (Wildman–Crippen LogP) is 0.284. The van der Waals surface area contributed by atoms with Gasteiger partial charge >= 0.3 is 0 Å². The second-order valence-electron chi connectivity index (χ2n) is 3.58. The number of aromatic nitrogens is 1. The summed E-state index contributed by atoms with van der Waals surface area (Å²) in [5.41, 5.74) is -0.613. The number of hydrogen-bond donors (Lipinski definition) is 3. The van der Waals surface area contributed by atoms with Crippen molar-refractivity contribution in [1.82, 2.24) is 10.3 Å². The maximum absolute atomic E-state index is 9.03. The van der Waals surface area contributed by atoms with E-state index in [2.05, 4.69) is 10.3 Å². The Hall–Kier alpha value is -0.490. The van der Waals surface area contributed by atoms with E-state index in [0.29, 0.717) is 6.54 Å². The van der Waals surface area contributed by atoms with Gasteiger partial charge in [0.25, 0.3) is 0 Å². The van der Waals surface area contributed by atoms with Crippen LogP contribution in [-0.2, 0) is 6.54 Å². The van der Waals surface area contributed by atoms with E-state index in [-0.39, 0.29) is 13.2 Å². The Morgan fingerprint density at radius 3 is 2.57 bits per heavy atom. The summed E-state index contributed by atoms with van der Waals surface area (Å²) in [6, 6.07) is 0. The van der Waals surface area contributed by atoms with Crippen LogP contribution in [0.1, 0.15) is 16.8 Å². The van der Waals surface area contributed by atoms with Crippen molar-refractivity contribution in [2.75, 3.05) is 13.2 Å². The lowest BCUT2D eigenvalue weighted by Gasteiger charge is -2.25. The molecule has 0 spiro atoms. The molecule has 0 saturated carbocycles. The van der Waals surface area contributed by atoms with Gasteiger partial charge < -0.3 is 15.5 Å². The zero-order valence-corrected chi connectivity index (χ0v) is 9.27. The predicted molar refractivity (Wildman–Crippen MR) is 56.3 cm³/mol. The van der Waals surface area contributed by atoms with Crippen LogP contribution in [0.15, 0.2) is 6.20 Å². The van der Waals surface area contributed by atoms with E-state index < -0.39 is 5.54 Å². The molecule has 80 valence electrons. The number of thiazole rings is 1. The van der Waals surface area contributed by atoms with Crippen molar-refractivity contribution < 1.29 is 10.2 Å². The smallest absolute Gasteiger partial charge is 0.0897 e. The van der Waals surface area contributed by atoms with Gasteiger partial charge in [-0.1, -0.05) is 0 Å². The Balaban J connectivity index is 2.47. The third kappa shape index (κ3) is 3.02. The second-order valence-corrected chi connectivity index (χ2v) is 4.90. The molecule has 0 atom stereocenters. The topological polar surface area (TPSA) is 65.4 Å². The number of aliphatic hydroxyl groups is 2. The standard InChI is InChI=1S/C9H16N2O2S/c1-7-10-3-8(14-7)4-11-9(2,5-12)6-13/h3,11-13H,4-6H2,1-2H3. The minimum Gasteiger partial charge on any atom is -0.394 e. The Bertz CT molecular complexity index is 284. The SMILES string of the molecule is Cc1ncc(CNC(C)(CO)CO)s1. The van der Waals surface area contributed by atoms with Crippen LogP contribution in [0, 0.1) is 6.92 Å². The number of aliphatic hydroxyl groups excluding tert-OH is 2. The van der Waals surface area contributed by atoms with Crippen molar-refractivity contribution in [2.24, 2.45) is 0 Å². The molecule has 4 nitrogen and oxygen atoms in total. The highest BCUT2D eigenvalue weighted by atomic mass is 32.1. The van der Waals surface area contributed by atoms with Crippen LogP contribution in [0.5, 0.6) is 0 Å². The van der Waals surface area contributed by atoms with Crippen molar-refractivity contribution in [1.29, 1.82) is 0 Å².